The van der Waals surface area contributed by atoms with E-state index < -0.39 is 5.60 Å². The van der Waals surface area contributed by atoms with Gasteiger partial charge in [0.25, 0.3) is 0 Å². The largest absolute Gasteiger partial charge is 0.388 e. The van der Waals surface area contributed by atoms with Crippen LogP contribution in [-0.4, -0.2) is 60.8 Å². The van der Waals surface area contributed by atoms with E-state index in [-0.39, 0.29) is 24.0 Å². The Morgan fingerprint density at radius 2 is 1.83 bits per heavy atom. The number of aliphatic imine (C=N–C) groups is 1. The van der Waals surface area contributed by atoms with E-state index in [9.17, 15) is 5.11 Å². The van der Waals surface area contributed by atoms with Gasteiger partial charge in [-0.05, 0) is 38.3 Å². The van der Waals surface area contributed by atoms with E-state index in [0.717, 1.165) is 57.9 Å². The molecule has 1 aliphatic carbocycles. The SMILES string of the molecule is CCNC(=NCC1(O)CCC1)N1CCN(c2ccccc2)CC1.I. The van der Waals surface area contributed by atoms with Crippen molar-refractivity contribution in [2.75, 3.05) is 44.2 Å². The van der Waals surface area contributed by atoms with Crippen LogP contribution < -0.4 is 10.2 Å². The van der Waals surface area contributed by atoms with Crippen molar-refractivity contribution in [1.82, 2.24) is 10.2 Å². The number of guanidine groups is 1. The van der Waals surface area contributed by atoms with E-state index >= 15 is 0 Å². The lowest BCUT2D eigenvalue weighted by Gasteiger charge is -2.39. The number of aliphatic hydroxyl groups is 1. The second-order valence-corrected chi connectivity index (χ2v) is 6.56. The fourth-order valence-electron chi connectivity index (χ4n) is 3.21. The van der Waals surface area contributed by atoms with Crippen LogP contribution in [0.15, 0.2) is 35.3 Å². The van der Waals surface area contributed by atoms with Gasteiger partial charge < -0.3 is 20.2 Å². The number of halogens is 1. The Bertz CT molecular complexity index is 525. The second kappa shape index (κ2) is 8.89. The van der Waals surface area contributed by atoms with Gasteiger partial charge >= 0.3 is 0 Å². The van der Waals surface area contributed by atoms with E-state index in [1.165, 1.54) is 5.69 Å². The lowest BCUT2D eigenvalue weighted by atomic mass is 9.80. The molecule has 0 aromatic heterocycles. The molecule has 0 bridgehead atoms. The van der Waals surface area contributed by atoms with E-state index in [0.29, 0.717) is 6.54 Å². The zero-order chi connectivity index (χ0) is 16.1. The molecule has 0 spiro atoms. The molecule has 24 heavy (non-hydrogen) atoms. The third kappa shape index (κ3) is 4.75. The smallest absolute Gasteiger partial charge is 0.194 e. The normalized spacial score (nSPS) is 20.2. The summed E-state index contributed by atoms with van der Waals surface area (Å²) in [6.45, 7) is 7.38. The molecule has 2 fully saturated rings. The van der Waals surface area contributed by atoms with Crippen molar-refractivity contribution in [3.8, 4) is 0 Å². The summed E-state index contributed by atoms with van der Waals surface area (Å²) in [7, 11) is 0. The van der Waals surface area contributed by atoms with Crippen LogP contribution >= 0.6 is 24.0 Å². The maximum Gasteiger partial charge on any atom is 0.194 e. The highest BCUT2D eigenvalue weighted by atomic mass is 127. The van der Waals surface area contributed by atoms with Gasteiger partial charge in [0.2, 0.25) is 0 Å². The molecule has 134 valence electrons. The summed E-state index contributed by atoms with van der Waals surface area (Å²) in [6.07, 6.45) is 2.90. The Kier molecular flexibility index (Phi) is 7.16. The Morgan fingerprint density at radius 3 is 2.38 bits per heavy atom. The van der Waals surface area contributed by atoms with Crippen molar-refractivity contribution in [2.24, 2.45) is 4.99 Å². The molecular formula is C18H29IN4O. The summed E-state index contributed by atoms with van der Waals surface area (Å²) in [5.74, 6) is 0.945. The van der Waals surface area contributed by atoms with Gasteiger partial charge in [-0.3, -0.25) is 4.99 Å². The first kappa shape index (κ1) is 19.3. The molecule has 1 aromatic rings. The predicted octanol–water partition coefficient (Wildman–Crippen LogP) is 2.31. The molecule has 1 saturated heterocycles. The van der Waals surface area contributed by atoms with Crippen molar-refractivity contribution in [3.63, 3.8) is 0 Å². The van der Waals surface area contributed by atoms with Gasteiger partial charge in [-0.2, -0.15) is 0 Å². The van der Waals surface area contributed by atoms with E-state index in [4.69, 9.17) is 4.99 Å². The minimum atomic E-state index is -0.549. The van der Waals surface area contributed by atoms with Crippen LogP contribution in [0.3, 0.4) is 0 Å². The van der Waals surface area contributed by atoms with Crippen molar-refractivity contribution >= 4 is 35.6 Å². The van der Waals surface area contributed by atoms with Gasteiger partial charge in [0.15, 0.2) is 5.96 Å². The minimum absolute atomic E-state index is 0. The standard InChI is InChI=1S/C18H28N4O.HI/c1-2-19-17(20-15-18(23)9-6-10-18)22-13-11-21(12-14-22)16-7-4-3-5-8-16;/h3-5,7-8,23H,2,6,9-15H2,1H3,(H,19,20);1H. The maximum atomic E-state index is 10.3. The quantitative estimate of drug-likeness (QED) is 0.425. The second-order valence-electron chi connectivity index (χ2n) is 6.56. The number of benzene rings is 1. The fraction of sp³-hybridized carbons (Fsp3) is 0.611. The van der Waals surface area contributed by atoms with Crippen LogP contribution in [0.5, 0.6) is 0 Å². The van der Waals surface area contributed by atoms with Gasteiger partial charge in [0, 0.05) is 38.4 Å². The number of piperazine rings is 1. The average molecular weight is 444 g/mol. The zero-order valence-corrected chi connectivity index (χ0v) is 16.8. The first-order valence-corrected chi connectivity index (χ1v) is 8.76. The van der Waals surface area contributed by atoms with Crippen LogP contribution in [0.25, 0.3) is 0 Å². The summed E-state index contributed by atoms with van der Waals surface area (Å²) in [4.78, 5) is 9.42. The number of hydrogen-bond donors (Lipinski definition) is 2. The molecule has 0 atom stereocenters. The number of hydrogen-bond acceptors (Lipinski definition) is 3. The van der Waals surface area contributed by atoms with E-state index in [2.05, 4.69) is 52.4 Å². The van der Waals surface area contributed by atoms with Crippen molar-refractivity contribution in [3.05, 3.63) is 30.3 Å². The van der Waals surface area contributed by atoms with Crippen molar-refractivity contribution < 1.29 is 5.11 Å². The van der Waals surface area contributed by atoms with Gasteiger partial charge in [0.05, 0.1) is 12.1 Å². The van der Waals surface area contributed by atoms with Gasteiger partial charge in [-0.15, -0.1) is 24.0 Å². The summed E-state index contributed by atoms with van der Waals surface area (Å²) >= 11 is 0. The van der Waals surface area contributed by atoms with Crippen LogP contribution in [0.4, 0.5) is 5.69 Å². The minimum Gasteiger partial charge on any atom is -0.388 e. The van der Waals surface area contributed by atoms with Gasteiger partial charge in [-0.1, -0.05) is 18.2 Å². The highest BCUT2D eigenvalue weighted by Crippen LogP contribution is 2.31. The van der Waals surface area contributed by atoms with Crippen LogP contribution in [0, 0.1) is 0 Å². The van der Waals surface area contributed by atoms with E-state index in [1.807, 2.05) is 0 Å². The molecule has 1 heterocycles. The predicted molar refractivity (Wildman–Crippen MR) is 110 cm³/mol. The maximum absolute atomic E-state index is 10.3. The topological polar surface area (TPSA) is 51.1 Å². The molecular weight excluding hydrogens is 415 g/mol. The summed E-state index contributed by atoms with van der Waals surface area (Å²) in [5.41, 5.74) is 0.741. The highest BCUT2D eigenvalue weighted by molar-refractivity contribution is 14.0. The summed E-state index contributed by atoms with van der Waals surface area (Å²) < 4.78 is 0. The Labute approximate surface area is 162 Å². The molecule has 2 N–H and O–H groups in total. The Balaban J connectivity index is 0.00000208. The Morgan fingerprint density at radius 1 is 1.17 bits per heavy atom. The zero-order valence-electron chi connectivity index (χ0n) is 14.4. The highest BCUT2D eigenvalue weighted by Gasteiger charge is 2.34. The monoisotopic (exact) mass is 444 g/mol. The number of para-hydroxylation sites is 1. The molecule has 0 radical (unpaired) electrons. The summed E-state index contributed by atoms with van der Waals surface area (Å²) in [6, 6.07) is 10.6. The average Bonchev–Trinajstić information content (AvgIpc) is 2.58. The first-order chi connectivity index (χ1) is 11.2. The third-order valence-electron chi connectivity index (χ3n) is 4.84. The van der Waals surface area contributed by atoms with Gasteiger partial charge in [0.1, 0.15) is 0 Å². The first-order valence-electron chi connectivity index (χ1n) is 8.76. The lowest BCUT2D eigenvalue weighted by molar-refractivity contribution is -0.0237. The van der Waals surface area contributed by atoms with Crippen molar-refractivity contribution in [2.45, 2.75) is 31.8 Å². The van der Waals surface area contributed by atoms with Gasteiger partial charge in [-0.25, -0.2) is 0 Å². The number of anilines is 1. The fourth-order valence-corrected chi connectivity index (χ4v) is 3.21. The molecule has 2 aliphatic rings. The molecule has 0 amide bonds. The molecule has 3 rings (SSSR count). The lowest BCUT2D eigenvalue weighted by Crippen LogP contribution is -2.53. The molecule has 5 nitrogen and oxygen atoms in total. The van der Waals surface area contributed by atoms with Crippen LogP contribution in [-0.2, 0) is 0 Å². The number of nitrogens with one attached hydrogen (secondary N) is 1. The molecule has 1 aromatic carbocycles. The molecule has 6 heteroatoms. The number of nitrogens with zero attached hydrogens (tertiary/aromatic N) is 3. The summed E-state index contributed by atoms with van der Waals surface area (Å²) in [5, 5.41) is 13.6. The Hall–Kier alpha value is -1.02. The number of rotatable bonds is 4. The van der Waals surface area contributed by atoms with Crippen LogP contribution in [0.1, 0.15) is 26.2 Å². The van der Waals surface area contributed by atoms with Crippen LogP contribution in [0.2, 0.25) is 0 Å². The molecule has 1 saturated carbocycles. The van der Waals surface area contributed by atoms with E-state index in [1.54, 1.807) is 0 Å². The molecule has 1 aliphatic heterocycles. The third-order valence-corrected chi connectivity index (χ3v) is 4.84. The van der Waals surface area contributed by atoms with Crippen molar-refractivity contribution in [1.29, 1.82) is 0 Å². The molecule has 0 unspecified atom stereocenters.